The van der Waals surface area contributed by atoms with Gasteiger partial charge in [-0.1, -0.05) is 11.6 Å². The molecule has 1 aromatic heterocycles. The van der Waals surface area contributed by atoms with E-state index in [0.717, 1.165) is 22.5 Å². The number of hydrogen-bond acceptors (Lipinski definition) is 4. The zero-order chi connectivity index (χ0) is 19.9. The molecule has 0 fully saturated rings. The molecular formula is C20H22N2O4S. The van der Waals surface area contributed by atoms with Gasteiger partial charge in [0.15, 0.2) is 0 Å². The molecule has 142 valence electrons. The summed E-state index contributed by atoms with van der Waals surface area (Å²) < 4.78 is 40.9. The van der Waals surface area contributed by atoms with E-state index in [1.165, 1.54) is 6.07 Å². The lowest BCUT2D eigenvalue weighted by atomic mass is 9.99. The Morgan fingerprint density at radius 3 is 2.26 bits per heavy atom. The van der Waals surface area contributed by atoms with Crippen LogP contribution in [0.15, 0.2) is 41.3 Å². The molecule has 3 aromatic rings. The zero-order valence-corrected chi connectivity index (χ0v) is 16.8. The van der Waals surface area contributed by atoms with Gasteiger partial charge >= 0.3 is 0 Å². The summed E-state index contributed by atoms with van der Waals surface area (Å²) in [5, 5.41) is 4.54. The summed E-state index contributed by atoms with van der Waals surface area (Å²) >= 11 is 0. The van der Waals surface area contributed by atoms with Gasteiger partial charge in [0.05, 0.1) is 18.5 Å². The smallest absolute Gasteiger partial charge is 0.295 e. The van der Waals surface area contributed by atoms with Crippen molar-refractivity contribution in [1.82, 2.24) is 9.78 Å². The highest BCUT2D eigenvalue weighted by Crippen LogP contribution is 2.37. The number of rotatable bonds is 4. The third-order valence-corrected chi connectivity index (χ3v) is 5.37. The lowest BCUT2D eigenvalue weighted by molar-refractivity contribution is 0.411. The van der Waals surface area contributed by atoms with Gasteiger partial charge in [-0.3, -0.25) is 4.55 Å². The normalized spacial score (nSPS) is 11.6. The van der Waals surface area contributed by atoms with Gasteiger partial charge in [0.1, 0.15) is 10.6 Å². The summed E-state index contributed by atoms with van der Waals surface area (Å²) in [6, 6.07) is 10.5. The Labute approximate surface area is 159 Å². The van der Waals surface area contributed by atoms with E-state index in [4.69, 9.17) is 4.74 Å². The first-order valence-corrected chi connectivity index (χ1v) is 9.86. The summed E-state index contributed by atoms with van der Waals surface area (Å²) in [5.41, 5.74) is 5.23. The van der Waals surface area contributed by atoms with Crippen LogP contribution in [0, 0.1) is 27.7 Å². The molecule has 0 aliphatic heterocycles. The van der Waals surface area contributed by atoms with E-state index in [1.54, 1.807) is 23.9 Å². The molecule has 2 aromatic carbocycles. The van der Waals surface area contributed by atoms with Crippen LogP contribution < -0.4 is 4.74 Å². The van der Waals surface area contributed by atoms with Crippen LogP contribution in [0.5, 0.6) is 5.75 Å². The van der Waals surface area contributed by atoms with E-state index in [9.17, 15) is 13.0 Å². The third kappa shape index (κ3) is 3.61. The maximum Gasteiger partial charge on any atom is 0.295 e. The molecule has 0 atom stereocenters. The minimum atomic E-state index is -4.39. The van der Waals surface area contributed by atoms with Crippen LogP contribution in [0.4, 0.5) is 0 Å². The van der Waals surface area contributed by atoms with Crippen molar-refractivity contribution in [2.45, 2.75) is 32.6 Å². The minimum Gasteiger partial charge on any atom is -0.496 e. The van der Waals surface area contributed by atoms with Crippen LogP contribution in [0.2, 0.25) is 0 Å². The predicted octanol–water partition coefficient (Wildman–Crippen LogP) is 4.03. The van der Waals surface area contributed by atoms with Crippen LogP contribution in [0.25, 0.3) is 16.8 Å². The first-order chi connectivity index (χ1) is 12.6. The maximum absolute atomic E-state index is 12.0. The average molecular weight is 386 g/mol. The number of benzene rings is 2. The van der Waals surface area contributed by atoms with Crippen LogP contribution in [0.3, 0.4) is 0 Å². The SMILES string of the molecule is COc1cc(-n2nc(C)cc2C)c(-c2cc(C)ccc2S(=O)(=O)O)cc1C. The molecule has 7 heteroatoms. The fraction of sp³-hybridized carbons (Fsp3) is 0.250. The highest BCUT2D eigenvalue weighted by Gasteiger charge is 2.21. The first kappa shape index (κ1) is 19.1. The second-order valence-corrected chi connectivity index (χ2v) is 8.04. The first-order valence-electron chi connectivity index (χ1n) is 8.42. The van der Waals surface area contributed by atoms with Crippen molar-refractivity contribution in [3.8, 4) is 22.6 Å². The van der Waals surface area contributed by atoms with Gasteiger partial charge in [-0.25, -0.2) is 4.68 Å². The summed E-state index contributed by atoms with van der Waals surface area (Å²) in [6.07, 6.45) is 0. The average Bonchev–Trinajstić information content (AvgIpc) is 2.91. The van der Waals surface area contributed by atoms with Gasteiger partial charge < -0.3 is 4.74 Å². The van der Waals surface area contributed by atoms with Crippen molar-refractivity contribution in [2.24, 2.45) is 0 Å². The quantitative estimate of drug-likeness (QED) is 0.685. The zero-order valence-electron chi connectivity index (χ0n) is 15.9. The fourth-order valence-corrected chi connectivity index (χ4v) is 3.93. The lowest BCUT2D eigenvalue weighted by Crippen LogP contribution is -2.06. The van der Waals surface area contributed by atoms with Gasteiger partial charge in [0.25, 0.3) is 10.1 Å². The summed E-state index contributed by atoms with van der Waals surface area (Å²) in [6.45, 7) is 7.58. The number of aryl methyl sites for hydroxylation is 4. The van der Waals surface area contributed by atoms with E-state index < -0.39 is 10.1 Å². The minimum absolute atomic E-state index is 0.138. The summed E-state index contributed by atoms with van der Waals surface area (Å²) in [7, 11) is -2.81. The maximum atomic E-state index is 12.0. The van der Waals surface area contributed by atoms with Crippen molar-refractivity contribution in [3.63, 3.8) is 0 Å². The Hall–Kier alpha value is -2.64. The molecule has 0 saturated carbocycles. The highest BCUT2D eigenvalue weighted by molar-refractivity contribution is 7.86. The number of nitrogens with zero attached hydrogens (tertiary/aromatic N) is 2. The van der Waals surface area contributed by atoms with Gasteiger partial charge in [0, 0.05) is 22.9 Å². The summed E-state index contributed by atoms with van der Waals surface area (Å²) in [5.74, 6) is 0.669. The molecule has 0 unspecified atom stereocenters. The van der Waals surface area contributed by atoms with Crippen molar-refractivity contribution in [1.29, 1.82) is 0 Å². The molecule has 0 radical (unpaired) electrons. The molecule has 0 spiro atoms. The van der Waals surface area contributed by atoms with Crippen molar-refractivity contribution in [2.75, 3.05) is 7.11 Å². The van der Waals surface area contributed by atoms with Crippen molar-refractivity contribution >= 4 is 10.1 Å². The van der Waals surface area contributed by atoms with Crippen LogP contribution in [-0.4, -0.2) is 29.9 Å². The molecule has 0 amide bonds. The Morgan fingerprint density at radius 1 is 1.00 bits per heavy atom. The van der Waals surface area contributed by atoms with E-state index in [1.807, 2.05) is 45.9 Å². The monoisotopic (exact) mass is 386 g/mol. The predicted molar refractivity (Wildman–Crippen MR) is 104 cm³/mol. The van der Waals surface area contributed by atoms with Gasteiger partial charge in [-0.05, 0) is 57.5 Å². The van der Waals surface area contributed by atoms with Crippen LogP contribution in [-0.2, 0) is 10.1 Å². The molecule has 0 aliphatic carbocycles. The van der Waals surface area contributed by atoms with E-state index in [2.05, 4.69) is 5.10 Å². The second-order valence-electron chi connectivity index (χ2n) is 6.65. The third-order valence-electron chi connectivity index (χ3n) is 4.45. The van der Waals surface area contributed by atoms with Crippen LogP contribution >= 0.6 is 0 Å². The lowest BCUT2D eigenvalue weighted by Gasteiger charge is -2.17. The molecule has 27 heavy (non-hydrogen) atoms. The van der Waals surface area contributed by atoms with Crippen LogP contribution in [0.1, 0.15) is 22.5 Å². The Balaban J connectivity index is 2.43. The van der Waals surface area contributed by atoms with Crippen molar-refractivity contribution in [3.05, 3.63) is 58.9 Å². The topological polar surface area (TPSA) is 81.4 Å². The van der Waals surface area contributed by atoms with Crippen molar-refractivity contribution < 1.29 is 17.7 Å². The number of ether oxygens (including phenoxy) is 1. The highest BCUT2D eigenvalue weighted by atomic mass is 32.2. The van der Waals surface area contributed by atoms with Gasteiger partial charge in [-0.2, -0.15) is 13.5 Å². The molecule has 1 N–H and O–H groups in total. The van der Waals surface area contributed by atoms with Gasteiger partial charge in [-0.15, -0.1) is 0 Å². The van der Waals surface area contributed by atoms with E-state index in [-0.39, 0.29) is 4.90 Å². The number of hydrogen-bond donors (Lipinski definition) is 1. The standard InChI is InChI=1S/C20H22N2O4S/c1-12-6-7-20(27(23,24)25)17(8-12)16-9-13(2)19(26-5)11-18(16)22-15(4)10-14(3)21-22/h6-11H,1-5H3,(H,23,24,25). The Morgan fingerprint density at radius 2 is 1.70 bits per heavy atom. The Kier molecular flexibility index (Phi) is 4.84. The molecule has 0 saturated heterocycles. The Bertz CT molecular complexity index is 1130. The fourth-order valence-electron chi connectivity index (χ4n) is 3.24. The molecular weight excluding hydrogens is 364 g/mol. The molecule has 0 bridgehead atoms. The summed E-state index contributed by atoms with van der Waals surface area (Å²) in [4.78, 5) is -0.138. The molecule has 1 heterocycles. The van der Waals surface area contributed by atoms with Gasteiger partial charge in [0.2, 0.25) is 0 Å². The van der Waals surface area contributed by atoms with E-state index in [0.29, 0.717) is 22.6 Å². The van der Waals surface area contributed by atoms with E-state index >= 15 is 0 Å². The second kappa shape index (κ2) is 6.83. The molecule has 3 rings (SSSR count). The largest absolute Gasteiger partial charge is 0.496 e. The number of methoxy groups -OCH3 is 1. The molecule has 6 nitrogen and oxygen atoms in total. The molecule has 0 aliphatic rings. The number of aromatic nitrogens is 2.